The zero-order chi connectivity index (χ0) is 20.8. The van der Waals surface area contributed by atoms with Gasteiger partial charge in [0.25, 0.3) is 5.69 Å². The van der Waals surface area contributed by atoms with Gasteiger partial charge in [-0.1, -0.05) is 29.8 Å². The SMILES string of the molecule is O=C(CCC(=O)N1CCCc2ccccc21)N/N=C/c1cc([N+](=O)[O-])ccc1Cl. The Morgan fingerprint density at radius 3 is 2.83 bits per heavy atom. The third kappa shape index (κ3) is 5.17. The van der Waals surface area contributed by atoms with Crippen LogP contribution in [0.4, 0.5) is 11.4 Å². The quantitative estimate of drug-likeness (QED) is 0.444. The molecular weight excluding hydrogens is 396 g/mol. The molecule has 0 saturated heterocycles. The van der Waals surface area contributed by atoms with Crippen molar-refractivity contribution < 1.29 is 14.5 Å². The van der Waals surface area contributed by atoms with Gasteiger partial charge in [0.05, 0.1) is 11.1 Å². The van der Waals surface area contributed by atoms with Crippen molar-refractivity contribution in [3.8, 4) is 0 Å². The number of hydrogen-bond donors (Lipinski definition) is 1. The minimum atomic E-state index is -0.545. The summed E-state index contributed by atoms with van der Waals surface area (Å²) in [6.45, 7) is 0.640. The van der Waals surface area contributed by atoms with E-state index in [4.69, 9.17) is 11.6 Å². The van der Waals surface area contributed by atoms with Crippen LogP contribution >= 0.6 is 11.6 Å². The van der Waals surface area contributed by atoms with Crippen LogP contribution in [-0.4, -0.2) is 29.5 Å². The number of para-hydroxylation sites is 1. The molecule has 0 fully saturated rings. The highest BCUT2D eigenvalue weighted by atomic mass is 35.5. The molecule has 1 aliphatic rings. The van der Waals surface area contributed by atoms with Crippen molar-refractivity contribution in [3.05, 3.63) is 68.7 Å². The lowest BCUT2D eigenvalue weighted by atomic mass is 10.0. The first kappa shape index (κ1) is 20.5. The number of hydrazone groups is 1. The summed E-state index contributed by atoms with van der Waals surface area (Å²) in [5, 5.41) is 14.9. The zero-order valence-corrected chi connectivity index (χ0v) is 16.3. The van der Waals surface area contributed by atoms with Gasteiger partial charge in [-0.05, 0) is 30.5 Å². The molecule has 8 nitrogen and oxygen atoms in total. The summed E-state index contributed by atoms with van der Waals surface area (Å²) in [4.78, 5) is 36.5. The van der Waals surface area contributed by atoms with Gasteiger partial charge in [0.15, 0.2) is 0 Å². The van der Waals surface area contributed by atoms with Crippen LogP contribution < -0.4 is 10.3 Å². The van der Waals surface area contributed by atoms with Crippen LogP contribution in [-0.2, 0) is 16.0 Å². The number of nitro groups is 1. The average Bonchev–Trinajstić information content (AvgIpc) is 2.72. The van der Waals surface area contributed by atoms with E-state index in [0.717, 1.165) is 24.1 Å². The molecule has 0 radical (unpaired) electrons. The average molecular weight is 415 g/mol. The number of hydrogen-bond acceptors (Lipinski definition) is 5. The lowest BCUT2D eigenvalue weighted by Gasteiger charge is -2.29. The Hall–Kier alpha value is -3.26. The number of halogens is 1. The number of nitro benzene ring substituents is 1. The summed E-state index contributed by atoms with van der Waals surface area (Å²) in [7, 11) is 0. The minimum absolute atomic E-state index is 0.0164. The molecule has 0 atom stereocenters. The molecule has 3 rings (SSSR count). The van der Waals surface area contributed by atoms with Gasteiger partial charge in [-0.3, -0.25) is 19.7 Å². The fraction of sp³-hybridized carbons (Fsp3) is 0.250. The fourth-order valence-electron chi connectivity index (χ4n) is 3.12. The van der Waals surface area contributed by atoms with Gasteiger partial charge < -0.3 is 4.90 Å². The summed E-state index contributed by atoms with van der Waals surface area (Å²) in [6.07, 6.45) is 3.11. The van der Waals surface area contributed by atoms with Crippen LogP contribution in [0, 0.1) is 10.1 Å². The maximum absolute atomic E-state index is 12.5. The van der Waals surface area contributed by atoms with E-state index >= 15 is 0 Å². The van der Waals surface area contributed by atoms with Crippen molar-refractivity contribution in [2.75, 3.05) is 11.4 Å². The number of aryl methyl sites for hydroxylation is 1. The number of rotatable bonds is 6. The molecule has 2 aromatic rings. The second-order valence-corrected chi connectivity index (χ2v) is 6.94. The standard InChI is InChI=1S/C20H19ClN4O4/c21-17-8-7-16(25(28)29)12-15(17)13-22-23-19(26)9-10-20(27)24-11-3-5-14-4-1-2-6-18(14)24/h1-2,4,6-8,12-13H,3,5,9-11H2,(H,23,26)/b22-13+. The number of carbonyl (C=O) groups is 2. The maximum atomic E-state index is 12.5. The van der Waals surface area contributed by atoms with Gasteiger partial charge in [0.1, 0.15) is 0 Å². The van der Waals surface area contributed by atoms with Crippen LogP contribution in [0.1, 0.15) is 30.4 Å². The molecule has 1 N–H and O–H groups in total. The minimum Gasteiger partial charge on any atom is -0.312 e. The summed E-state index contributed by atoms with van der Waals surface area (Å²) < 4.78 is 0. The molecule has 1 heterocycles. The highest BCUT2D eigenvalue weighted by molar-refractivity contribution is 6.33. The topological polar surface area (TPSA) is 105 Å². The molecule has 29 heavy (non-hydrogen) atoms. The zero-order valence-electron chi connectivity index (χ0n) is 15.5. The molecule has 9 heteroatoms. The summed E-state index contributed by atoms with van der Waals surface area (Å²) >= 11 is 5.97. The second kappa shape index (κ2) is 9.29. The lowest BCUT2D eigenvalue weighted by Crippen LogP contribution is -2.36. The van der Waals surface area contributed by atoms with Crippen LogP contribution in [0.25, 0.3) is 0 Å². The van der Waals surface area contributed by atoms with E-state index in [2.05, 4.69) is 10.5 Å². The summed E-state index contributed by atoms with van der Waals surface area (Å²) in [5.41, 5.74) is 4.53. The Balaban J connectivity index is 1.53. The van der Waals surface area contributed by atoms with Gasteiger partial charge in [0.2, 0.25) is 11.8 Å². The van der Waals surface area contributed by atoms with E-state index in [0.29, 0.717) is 12.1 Å². The molecule has 150 valence electrons. The number of carbonyl (C=O) groups excluding carboxylic acids is 2. The van der Waals surface area contributed by atoms with E-state index in [1.165, 1.54) is 24.4 Å². The van der Waals surface area contributed by atoms with E-state index in [-0.39, 0.29) is 29.5 Å². The first-order valence-corrected chi connectivity index (χ1v) is 9.47. The van der Waals surface area contributed by atoms with Gasteiger partial charge >= 0.3 is 0 Å². The molecule has 2 amide bonds. The Morgan fingerprint density at radius 1 is 1.24 bits per heavy atom. The molecule has 0 unspecified atom stereocenters. The van der Waals surface area contributed by atoms with Crippen molar-refractivity contribution in [1.82, 2.24) is 5.43 Å². The van der Waals surface area contributed by atoms with E-state index in [9.17, 15) is 19.7 Å². The number of nitrogens with zero attached hydrogens (tertiary/aromatic N) is 3. The van der Waals surface area contributed by atoms with E-state index in [1.54, 1.807) is 4.90 Å². The van der Waals surface area contributed by atoms with Gasteiger partial charge in [-0.25, -0.2) is 5.43 Å². The molecule has 0 aromatic heterocycles. The molecule has 0 saturated carbocycles. The van der Waals surface area contributed by atoms with Crippen molar-refractivity contribution in [3.63, 3.8) is 0 Å². The van der Waals surface area contributed by atoms with Crippen LogP contribution in [0.15, 0.2) is 47.6 Å². The Morgan fingerprint density at radius 2 is 2.03 bits per heavy atom. The monoisotopic (exact) mass is 414 g/mol. The van der Waals surface area contributed by atoms with E-state index in [1.807, 2.05) is 24.3 Å². The Bertz CT molecular complexity index is 977. The number of nitrogens with one attached hydrogen (secondary N) is 1. The fourth-order valence-corrected chi connectivity index (χ4v) is 3.29. The van der Waals surface area contributed by atoms with Gasteiger partial charge in [0, 0.05) is 47.8 Å². The summed E-state index contributed by atoms with van der Waals surface area (Å²) in [6, 6.07) is 11.7. The van der Waals surface area contributed by atoms with Gasteiger partial charge in [-0.15, -0.1) is 0 Å². The predicted octanol–water partition coefficient (Wildman–Crippen LogP) is 3.46. The summed E-state index contributed by atoms with van der Waals surface area (Å²) in [5.74, 6) is -0.542. The maximum Gasteiger partial charge on any atom is 0.270 e. The van der Waals surface area contributed by atoms with Crippen LogP contribution in [0.5, 0.6) is 0 Å². The van der Waals surface area contributed by atoms with Crippen LogP contribution in [0.2, 0.25) is 5.02 Å². The van der Waals surface area contributed by atoms with Crippen molar-refractivity contribution in [2.45, 2.75) is 25.7 Å². The number of benzene rings is 2. The largest absolute Gasteiger partial charge is 0.312 e. The number of fused-ring (bicyclic) bond motifs is 1. The predicted molar refractivity (Wildman–Crippen MR) is 110 cm³/mol. The number of non-ortho nitro benzene ring substituents is 1. The van der Waals surface area contributed by atoms with Crippen molar-refractivity contribution in [2.24, 2.45) is 5.10 Å². The van der Waals surface area contributed by atoms with Crippen molar-refractivity contribution >= 4 is 41.0 Å². The molecule has 0 spiro atoms. The number of amides is 2. The lowest BCUT2D eigenvalue weighted by molar-refractivity contribution is -0.384. The normalized spacial score (nSPS) is 13.2. The van der Waals surface area contributed by atoms with Crippen molar-refractivity contribution in [1.29, 1.82) is 0 Å². The highest BCUT2D eigenvalue weighted by Gasteiger charge is 2.22. The van der Waals surface area contributed by atoms with E-state index < -0.39 is 10.8 Å². The highest BCUT2D eigenvalue weighted by Crippen LogP contribution is 2.27. The second-order valence-electron chi connectivity index (χ2n) is 6.53. The number of anilines is 1. The third-order valence-electron chi connectivity index (χ3n) is 4.56. The molecule has 0 aliphatic carbocycles. The third-order valence-corrected chi connectivity index (χ3v) is 4.90. The molecular formula is C20H19ClN4O4. The first-order valence-electron chi connectivity index (χ1n) is 9.10. The molecule has 2 aromatic carbocycles. The molecule has 1 aliphatic heterocycles. The van der Waals surface area contributed by atoms with Gasteiger partial charge in [-0.2, -0.15) is 5.10 Å². The Labute approximate surface area is 172 Å². The smallest absolute Gasteiger partial charge is 0.270 e. The van der Waals surface area contributed by atoms with Crippen LogP contribution in [0.3, 0.4) is 0 Å². The first-order chi connectivity index (χ1) is 14.0. The Kier molecular flexibility index (Phi) is 6.56. The molecule has 0 bridgehead atoms.